The number of fused-ring (bicyclic) bond motifs is 1. The van der Waals surface area contributed by atoms with Gasteiger partial charge in [0.05, 0.1) is 12.2 Å². The van der Waals surface area contributed by atoms with Crippen LogP contribution in [0.25, 0.3) is 11.3 Å². The minimum absolute atomic E-state index is 0.00323. The molecule has 1 aromatic heterocycles. The van der Waals surface area contributed by atoms with Gasteiger partial charge in [-0.2, -0.15) is 0 Å². The predicted molar refractivity (Wildman–Crippen MR) is 78.7 cm³/mol. The molecule has 0 radical (unpaired) electrons. The molecular formula is C16H16FN3O2. The van der Waals surface area contributed by atoms with Crippen molar-refractivity contribution >= 4 is 5.82 Å². The number of hydrogen-bond donors (Lipinski definition) is 2. The molecule has 1 aromatic carbocycles. The topological polar surface area (TPSA) is 81.3 Å². The highest BCUT2D eigenvalue weighted by molar-refractivity contribution is 5.73. The van der Waals surface area contributed by atoms with Crippen molar-refractivity contribution in [3.8, 4) is 17.0 Å². The Labute approximate surface area is 126 Å². The van der Waals surface area contributed by atoms with E-state index in [-0.39, 0.29) is 17.2 Å². The molecule has 0 atom stereocenters. The highest BCUT2D eigenvalue weighted by Crippen LogP contribution is 2.49. The molecule has 2 heterocycles. The molecule has 4 rings (SSSR count). The largest absolute Gasteiger partial charge is 0.507 e. The van der Waals surface area contributed by atoms with Crippen LogP contribution in [0.5, 0.6) is 5.75 Å². The summed E-state index contributed by atoms with van der Waals surface area (Å²) in [5, 5.41) is 18.3. The fourth-order valence-electron chi connectivity index (χ4n) is 3.00. The van der Waals surface area contributed by atoms with Crippen LogP contribution in [0.4, 0.5) is 10.2 Å². The summed E-state index contributed by atoms with van der Waals surface area (Å²) in [6.07, 6.45) is 2.68. The maximum Gasteiger partial charge on any atom is 0.151 e. The Hall–Kier alpha value is -2.21. The Morgan fingerprint density at radius 1 is 1.27 bits per heavy atom. The second-order valence-electron chi connectivity index (χ2n) is 6.16. The Morgan fingerprint density at radius 3 is 2.77 bits per heavy atom. The van der Waals surface area contributed by atoms with Gasteiger partial charge in [-0.1, -0.05) is 0 Å². The van der Waals surface area contributed by atoms with Gasteiger partial charge in [0.1, 0.15) is 17.3 Å². The van der Waals surface area contributed by atoms with Crippen molar-refractivity contribution < 1.29 is 14.2 Å². The van der Waals surface area contributed by atoms with Crippen molar-refractivity contribution in [2.45, 2.75) is 38.4 Å². The van der Waals surface area contributed by atoms with Crippen LogP contribution in [-0.4, -0.2) is 20.9 Å². The lowest BCUT2D eigenvalue weighted by molar-refractivity contribution is 0.00838. The number of nitrogens with two attached hydrogens (primary N) is 1. The summed E-state index contributed by atoms with van der Waals surface area (Å²) in [5.41, 5.74) is 8.71. The van der Waals surface area contributed by atoms with Crippen molar-refractivity contribution in [2.24, 2.45) is 0 Å². The fourth-order valence-corrected chi connectivity index (χ4v) is 3.00. The van der Waals surface area contributed by atoms with E-state index < -0.39 is 0 Å². The van der Waals surface area contributed by atoms with Gasteiger partial charge in [-0.15, -0.1) is 10.2 Å². The van der Waals surface area contributed by atoms with Crippen LogP contribution >= 0.6 is 0 Å². The Morgan fingerprint density at radius 2 is 2.05 bits per heavy atom. The molecule has 1 fully saturated rings. The third kappa shape index (κ3) is 1.94. The average Bonchev–Trinajstić information content (AvgIpc) is 3.23. The number of phenols is 1. The monoisotopic (exact) mass is 301 g/mol. The van der Waals surface area contributed by atoms with Crippen LogP contribution < -0.4 is 5.73 Å². The number of phenolic OH excluding ortho intramolecular Hbond substituents is 1. The van der Waals surface area contributed by atoms with Gasteiger partial charge in [0.15, 0.2) is 5.82 Å². The van der Waals surface area contributed by atoms with E-state index in [2.05, 4.69) is 10.2 Å². The first-order chi connectivity index (χ1) is 10.5. The first-order valence-corrected chi connectivity index (χ1v) is 7.26. The van der Waals surface area contributed by atoms with E-state index in [1.807, 2.05) is 0 Å². The summed E-state index contributed by atoms with van der Waals surface area (Å²) in [7, 11) is 0. The van der Waals surface area contributed by atoms with Gasteiger partial charge in [-0.05, 0) is 43.0 Å². The van der Waals surface area contributed by atoms with Crippen molar-refractivity contribution in [1.82, 2.24) is 10.2 Å². The van der Waals surface area contributed by atoms with Crippen LogP contribution in [0.15, 0.2) is 12.1 Å². The van der Waals surface area contributed by atoms with Gasteiger partial charge in [-0.3, -0.25) is 0 Å². The van der Waals surface area contributed by atoms with E-state index in [0.717, 1.165) is 24.0 Å². The molecule has 1 spiro atoms. The molecule has 0 bridgehead atoms. The number of benzene rings is 1. The van der Waals surface area contributed by atoms with Crippen LogP contribution in [0, 0.1) is 12.7 Å². The number of nitrogens with zero attached hydrogens (tertiary/aromatic N) is 2. The van der Waals surface area contributed by atoms with Crippen LogP contribution in [0.2, 0.25) is 0 Å². The van der Waals surface area contributed by atoms with Crippen LogP contribution in [0.1, 0.15) is 29.5 Å². The van der Waals surface area contributed by atoms with Gasteiger partial charge < -0.3 is 15.6 Å². The molecule has 3 N–H and O–H groups in total. The summed E-state index contributed by atoms with van der Waals surface area (Å²) in [4.78, 5) is 0. The lowest BCUT2D eigenvalue weighted by Gasteiger charge is -2.27. The molecule has 0 saturated heterocycles. The Kier molecular flexibility index (Phi) is 2.69. The summed E-state index contributed by atoms with van der Waals surface area (Å²) < 4.78 is 19.8. The molecule has 2 aliphatic rings. The molecule has 5 nitrogen and oxygen atoms in total. The number of ether oxygens (including phenoxy) is 1. The first-order valence-electron chi connectivity index (χ1n) is 7.26. The summed E-state index contributed by atoms with van der Waals surface area (Å²) >= 11 is 0. The number of hydrogen-bond acceptors (Lipinski definition) is 5. The lowest BCUT2D eigenvalue weighted by atomic mass is 9.93. The zero-order chi connectivity index (χ0) is 15.5. The van der Waals surface area contributed by atoms with Crippen molar-refractivity contribution in [3.05, 3.63) is 34.6 Å². The summed E-state index contributed by atoms with van der Waals surface area (Å²) in [6.45, 7) is 1.99. The number of nitrogen functional groups attached to an aromatic ring is 1. The quantitative estimate of drug-likeness (QED) is 0.845. The smallest absolute Gasteiger partial charge is 0.151 e. The van der Waals surface area contributed by atoms with E-state index >= 15 is 0 Å². The molecule has 0 amide bonds. The Balaban J connectivity index is 1.91. The van der Waals surface area contributed by atoms with Gasteiger partial charge in [0.25, 0.3) is 0 Å². The number of rotatable bonds is 1. The van der Waals surface area contributed by atoms with Crippen molar-refractivity contribution in [1.29, 1.82) is 0 Å². The average molecular weight is 301 g/mol. The second-order valence-corrected chi connectivity index (χ2v) is 6.16. The van der Waals surface area contributed by atoms with Gasteiger partial charge in [-0.25, -0.2) is 4.39 Å². The lowest BCUT2D eigenvalue weighted by Crippen LogP contribution is -2.26. The zero-order valence-corrected chi connectivity index (χ0v) is 12.2. The van der Waals surface area contributed by atoms with E-state index in [9.17, 15) is 9.50 Å². The summed E-state index contributed by atoms with van der Waals surface area (Å²) in [6, 6.07) is 2.71. The molecule has 114 valence electrons. The maximum atomic E-state index is 13.9. The number of aromatic hydroxyl groups is 1. The van der Waals surface area contributed by atoms with E-state index in [0.29, 0.717) is 35.7 Å². The molecule has 1 aliphatic heterocycles. The second kappa shape index (κ2) is 4.39. The van der Waals surface area contributed by atoms with Crippen LogP contribution in [-0.2, 0) is 17.8 Å². The van der Waals surface area contributed by atoms with E-state index in [4.69, 9.17) is 10.5 Å². The minimum Gasteiger partial charge on any atom is -0.507 e. The highest BCUT2D eigenvalue weighted by atomic mass is 19.1. The third-order valence-electron chi connectivity index (χ3n) is 4.58. The van der Waals surface area contributed by atoms with Crippen LogP contribution in [0.3, 0.4) is 0 Å². The standard InChI is InChI=1S/C16H16FN3O2/c1-8-4-13(21)9(5-12(8)17)14-10-6-16(2-3-16)22-7-11(10)15(18)20-19-14/h4-5,21H,2-3,6-7H2,1H3,(H2,18,20). The molecule has 1 aliphatic carbocycles. The molecule has 2 aromatic rings. The zero-order valence-electron chi connectivity index (χ0n) is 12.2. The SMILES string of the molecule is Cc1cc(O)c(-c2nnc(N)c3c2CC2(CC2)OC3)cc1F. The minimum atomic E-state index is -0.381. The first kappa shape index (κ1) is 13.5. The van der Waals surface area contributed by atoms with Crippen molar-refractivity contribution in [3.63, 3.8) is 0 Å². The van der Waals surface area contributed by atoms with Gasteiger partial charge in [0.2, 0.25) is 0 Å². The van der Waals surface area contributed by atoms with E-state index in [1.54, 1.807) is 6.92 Å². The highest BCUT2D eigenvalue weighted by Gasteiger charge is 2.48. The molecule has 22 heavy (non-hydrogen) atoms. The molecular weight excluding hydrogens is 285 g/mol. The third-order valence-corrected chi connectivity index (χ3v) is 4.58. The molecule has 6 heteroatoms. The number of aryl methyl sites for hydroxylation is 1. The summed E-state index contributed by atoms with van der Waals surface area (Å²) in [5.74, 6) is -0.0498. The van der Waals surface area contributed by atoms with Gasteiger partial charge >= 0.3 is 0 Å². The Bertz CT molecular complexity index is 787. The number of halogens is 1. The normalized spacial score (nSPS) is 18.3. The van der Waals surface area contributed by atoms with Gasteiger partial charge in [0, 0.05) is 17.5 Å². The van der Waals surface area contributed by atoms with E-state index in [1.165, 1.54) is 12.1 Å². The fraction of sp³-hybridized carbons (Fsp3) is 0.375. The number of aromatic nitrogens is 2. The number of anilines is 1. The van der Waals surface area contributed by atoms with Crippen molar-refractivity contribution in [2.75, 3.05) is 5.73 Å². The predicted octanol–water partition coefficient (Wildman–Crippen LogP) is 2.48. The molecule has 0 unspecified atom stereocenters. The molecule has 1 saturated carbocycles. The maximum absolute atomic E-state index is 13.9.